The van der Waals surface area contributed by atoms with Gasteiger partial charge in [-0.15, -0.1) is 5.10 Å². The third-order valence-electron chi connectivity index (χ3n) is 2.23. The van der Waals surface area contributed by atoms with Crippen LogP contribution < -0.4 is 11.5 Å². The maximum atomic E-state index is 5.64. The molecule has 4 N–H and O–H groups in total. The van der Waals surface area contributed by atoms with Gasteiger partial charge in [-0.1, -0.05) is 0 Å². The first-order valence-electron chi connectivity index (χ1n) is 4.98. The quantitative estimate of drug-likeness (QED) is 0.564. The van der Waals surface area contributed by atoms with E-state index in [0.29, 0.717) is 17.5 Å². The van der Waals surface area contributed by atoms with Crippen LogP contribution in [0, 0.1) is 0 Å². The topological polar surface area (TPSA) is 82.2 Å². The highest BCUT2D eigenvalue weighted by atomic mass is 15.5. The summed E-state index contributed by atoms with van der Waals surface area (Å²) in [6.07, 6.45) is 7.87. The van der Waals surface area contributed by atoms with E-state index in [9.17, 15) is 0 Å². The highest BCUT2D eigenvalue weighted by Crippen LogP contribution is 2.39. The highest BCUT2D eigenvalue weighted by molar-refractivity contribution is 5.91. The molecule has 1 aliphatic carbocycles. The number of amidine groups is 1. The summed E-state index contributed by atoms with van der Waals surface area (Å²) >= 11 is 0. The molecule has 5 heteroatoms. The molecule has 1 aromatic heterocycles. The zero-order valence-corrected chi connectivity index (χ0v) is 8.72. The molecule has 0 spiro atoms. The molecule has 1 fully saturated rings. The lowest BCUT2D eigenvalue weighted by Gasteiger charge is -1.94. The smallest absolute Gasteiger partial charge is 0.147 e. The monoisotopic (exact) mass is 205 g/mol. The molecule has 80 valence electrons. The molecule has 1 saturated carbocycles. The van der Waals surface area contributed by atoms with Crippen molar-refractivity contribution >= 4 is 5.84 Å². The van der Waals surface area contributed by atoms with Crippen LogP contribution in [-0.2, 0) is 0 Å². The standard InChI is InChI=1S/C10H15N5/c1-7(11)4-10(12)14-15-6-9(5-13-15)8-2-3-8/h4-6,8H,2-3,11H2,1H3,(H2,12,14). The average Bonchev–Trinajstić information content (AvgIpc) is 2.87. The number of nitrogens with zero attached hydrogens (tertiary/aromatic N) is 3. The first kappa shape index (κ1) is 9.76. The molecule has 0 atom stereocenters. The van der Waals surface area contributed by atoms with Gasteiger partial charge in [0.2, 0.25) is 0 Å². The molecule has 0 bridgehead atoms. The van der Waals surface area contributed by atoms with Gasteiger partial charge in [-0.05, 0) is 31.2 Å². The van der Waals surface area contributed by atoms with E-state index < -0.39 is 0 Å². The van der Waals surface area contributed by atoms with Gasteiger partial charge in [-0.25, -0.2) is 0 Å². The lowest BCUT2D eigenvalue weighted by molar-refractivity contribution is 0.739. The molecule has 1 aromatic rings. The minimum Gasteiger partial charge on any atom is -0.402 e. The Balaban J connectivity index is 2.12. The summed E-state index contributed by atoms with van der Waals surface area (Å²) in [5, 5.41) is 8.18. The van der Waals surface area contributed by atoms with Crippen molar-refractivity contribution in [3.05, 3.63) is 29.7 Å². The van der Waals surface area contributed by atoms with Crippen LogP contribution in [0.2, 0.25) is 0 Å². The molecule has 15 heavy (non-hydrogen) atoms. The molecule has 0 aromatic carbocycles. The largest absolute Gasteiger partial charge is 0.402 e. The van der Waals surface area contributed by atoms with E-state index >= 15 is 0 Å². The zero-order chi connectivity index (χ0) is 10.8. The summed E-state index contributed by atoms with van der Waals surface area (Å²) in [4.78, 5) is 1.49. The molecule has 2 rings (SSSR count). The molecule has 0 saturated heterocycles. The Hall–Kier alpha value is -1.78. The molecule has 0 aliphatic heterocycles. The molecular weight excluding hydrogens is 190 g/mol. The molecule has 0 unspecified atom stereocenters. The number of aromatic nitrogens is 2. The average molecular weight is 205 g/mol. The number of hydrogen-bond acceptors (Lipinski definition) is 3. The second kappa shape index (κ2) is 3.76. The summed E-state index contributed by atoms with van der Waals surface area (Å²) in [6, 6.07) is 0. The summed E-state index contributed by atoms with van der Waals surface area (Å²) < 4.78 is 0. The molecule has 5 nitrogen and oxygen atoms in total. The number of allylic oxidation sites excluding steroid dienone is 1. The van der Waals surface area contributed by atoms with E-state index in [4.69, 9.17) is 11.5 Å². The summed E-state index contributed by atoms with van der Waals surface area (Å²) in [6.45, 7) is 1.76. The summed E-state index contributed by atoms with van der Waals surface area (Å²) in [7, 11) is 0. The second-order valence-corrected chi connectivity index (χ2v) is 3.88. The zero-order valence-electron chi connectivity index (χ0n) is 8.72. The Labute approximate surface area is 88.4 Å². The van der Waals surface area contributed by atoms with Crippen LogP contribution in [0.3, 0.4) is 0 Å². The number of rotatable bonds is 3. The minimum atomic E-state index is 0.362. The Morgan fingerprint density at radius 2 is 2.33 bits per heavy atom. The molecule has 0 amide bonds. The van der Waals surface area contributed by atoms with E-state index in [1.807, 2.05) is 12.4 Å². The number of hydrogen-bond donors (Lipinski definition) is 2. The Bertz CT molecular complexity index is 407. The van der Waals surface area contributed by atoms with Gasteiger partial charge in [-0.2, -0.15) is 9.89 Å². The third kappa shape index (κ3) is 2.59. The van der Waals surface area contributed by atoms with E-state index in [1.165, 1.54) is 23.2 Å². The van der Waals surface area contributed by atoms with Crippen LogP contribution in [-0.4, -0.2) is 15.7 Å². The van der Waals surface area contributed by atoms with Gasteiger partial charge < -0.3 is 11.5 Å². The van der Waals surface area contributed by atoms with Crippen LogP contribution >= 0.6 is 0 Å². The van der Waals surface area contributed by atoms with Crippen molar-refractivity contribution in [2.45, 2.75) is 25.7 Å². The molecular formula is C10H15N5. The van der Waals surface area contributed by atoms with Gasteiger partial charge >= 0.3 is 0 Å². The van der Waals surface area contributed by atoms with Crippen LogP contribution in [0.25, 0.3) is 0 Å². The van der Waals surface area contributed by atoms with Gasteiger partial charge in [-0.3, -0.25) is 0 Å². The molecule has 0 radical (unpaired) electrons. The van der Waals surface area contributed by atoms with Crippen LogP contribution in [0.15, 0.2) is 29.3 Å². The fourth-order valence-corrected chi connectivity index (χ4v) is 1.39. The highest BCUT2D eigenvalue weighted by Gasteiger charge is 2.24. The van der Waals surface area contributed by atoms with Crippen molar-refractivity contribution in [3.8, 4) is 0 Å². The predicted octanol–water partition coefficient (Wildman–Crippen LogP) is 0.743. The van der Waals surface area contributed by atoms with Gasteiger partial charge in [0.25, 0.3) is 0 Å². The van der Waals surface area contributed by atoms with Crippen molar-refractivity contribution in [1.82, 2.24) is 9.89 Å². The first-order valence-corrected chi connectivity index (χ1v) is 4.98. The van der Waals surface area contributed by atoms with Crippen molar-refractivity contribution in [1.29, 1.82) is 0 Å². The SMILES string of the molecule is CC(N)=CC(N)=Nn1cc(C2CC2)cn1. The van der Waals surface area contributed by atoms with Gasteiger partial charge in [0.05, 0.1) is 12.4 Å². The predicted molar refractivity (Wildman–Crippen MR) is 59.2 cm³/mol. The fourth-order valence-electron chi connectivity index (χ4n) is 1.39. The first-order chi connectivity index (χ1) is 7.15. The summed E-state index contributed by atoms with van der Waals surface area (Å²) in [5.74, 6) is 1.04. The van der Waals surface area contributed by atoms with Crippen LogP contribution in [0.5, 0.6) is 0 Å². The van der Waals surface area contributed by atoms with Crippen molar-refractivity contribution in [3.63, 3.8) is 0 Å². The van der Waals surface area contributed by atoms with Crippen molar-refractivity contribution in [2.24, 2.45) is 16.6 Å². The number of nitrogens with two attached hydrogens (primary N) is 2. The van der Waals surface area contributed by atoms with Crippen LogP contribution in [0.4, 0.5) is 0 Å². The lowest BCUT2D eigenvalue weighted by atomic mass is 10.2. The van der Waals surface area contributed by atoms with Crippen molar-refractivity contribution in [2.75, 3.05) is 0 Å². The Morgan fingerprint density at radius 3 is 2.93 bits per heavy atom. The second-order valence-electron chi connectivity index (χ2n) is 3.88. The van der Waals surface area contributed by atoms with E-state index in [2.05, 4.69) is 10.2 Å². The summed E-state index contributed by atoms with van der Waals surface area (Å²) in [5.41, 5.74) is 13.0. The maximum Gasteiger partial charge on any atom is 0.147 e. The van der Waals surface area contributed by atoms with E-state index in [-0.39, 0.29) is 0 Å². The lowest BCUT2D eigenvalue weighted by Crippen LogP contribution is -2.12. The molecule has 1 aliphatic rings. The normalized spacial score (nSPS) is 18.2. The third-order valence-corrected chi connectivity index (χ3v) is 2.23. The van der Waals surface area contributed by atoms with E-state index in [1.54, 1.807) is 13.0 Å². The van der Waals surface area contributed by atoms with Crippen LogP contribution in [0.1, 0.15) is 31.2 Å². The van der Waals surface area contributed by atoms with E-state index in [0.717, 1.165) is 0 Å². The minimum absolute atomic E-state index is 0.362. The Kier molecular flexibility index (Phi) is 2.45. The van der Waals surface area contributed by atoms with Crippen molar-refractivity contribution < 1.29 is 0 Å². The fraction of sp³-hybridized carbons (Fsp3) is 0.400. The molecule has 1 heterocycles. The van der Waals surface area contributed by atoms with Gasteiger partial charge in [0, 0.05) is 11.8 Å². The Morgan fingerprint density at radius 1 is 1.60 bits per heavy atom. The van der Waals surface area contributed by atoms with Gasteiger partial charge in [0.15, 0.2) is 0 Å². The maximum absolute atomic E-state index is 5.64. The van der Waals surface area contributed by atoms with Gasteiger partial charge in [0.1, 0.15) is 5.84 Å².